The Morgan fingerprint density at radius 1 is 1.24 bits per heavy atom. The van der Waals surface area contributed by atoms with Crippen molar-refractivity contribution < 1.29 is 4.74 Å². The van der Waals surface area contributed by atoms with E-state index in [9.17, 15) is 0 Å². The first kappa shape index (κ1) is 16.9. The van der Waals surface area contributed by atoms with Crippen LogP contribution in [0, 0.1) is 0 Å². The lowest BCUT2D eigenvalue weighted by atomic mass is 10.0. The number of methoxy groups -OCH3 is 1. The van der Waals surface area contributed by atoms with Crippen molar-refractivity contribution in [3.63, 3.8) is 0 Å². The number of rotatable bonds is 10. The summed E-state index contributed by atoms with van der Waals surface area (Å²) in [6, 6.07) is 0.636. The molecule has 3 nitrogen and oxygen atoms in total. The molecule has 0 fully saturated rings. The molecule has 0 radical (unpaired) electrons. The summed E-state index contributed by atoms with van der Waals surface area (Å²) in [5.74, 6) is 0. The first-order valence-corrected chi connectivity index (χ1v) is 6.94. The molecule has 1 N–H and O–H groups in total. The van der Waals surface area contributed by atoms with Crippen molar-refractivity contribution in [1.29, 1.82) is 0 Å². The van der Waals surface area contributed by atoms with E-state index in [4.69, 9.17) is 4.74 Å². The minimum Gasteiger partial charge on any atom is -0.383 e. The third-order valence-corrected chi connectivity index (χ3v) is 3.68. The van der Waals surface area contributed by atoms with Gasteiger partial charge in [-0.1, -0.05) is 13.8 Å². The molecule has 0 aromatic heterocycles. The molecule has 1 unspecified atom stereocenters. The summed E-state index contributed by atoms with van der Waals surface area (Å²) in [6.45, 7) is 15.3. The maximum absolute atomic E-state index is 5.17. The van der Waals surface area contributed by atoms with Crippen molar-refractivity contribution in [3.05, 3.63) is 0 Å². The molecule has 0 aromatic rings. The van der Waals surface area contributed by atoms with E-state index in [2.05, 4.69) is 44.8 Å². The summed E-state index contributed by atoms with van der Waals surface area (Å²) in [5, 5.41) is 3.61. The number of hydrogen-bond donors (Lipinski definition) is 1. The Morgan fingerprint density at radius 3 is 2.35 bits per heavy atom. The van der Waals surface area contributed by atoms with Gasteiger partial charge < -0.3 is 10.1 Å². The van der Waals surface area contributed by atoms with E-state index in [1.807, 2.05) is 0 Å². The van der Waals surface area contributed by atoms with Gasteiger partial charge in [-0.05, 0) is 33.6 Å². The molecule has 0 amide bonds. The molecular weight excluding hydrogens is 212 g/mol. The second-order valence-corrected chi connectivity index (χ2v) is 5.45. The number of nitrogens with one attached hydrogen (secondary N) is 1. The molecule has 0 aromatic carbocycles. The van der Waals surface area contributed by atoms with Crippen molar-refractivity contribution in [2.24, 2.45) is 0 Å². The maximum Gasteiger partial charge on any atom is 0.0589 e. The van der Waals surface area contributed by atoms with Crippen LogP contribution >= 0.6 is 0 Å². The molecule has 0 bridgehead atoms. The molecule has 0 aliphatic heterocycles. The number of hydrogen-bond acceptors (Lipinski definition) is 3. The van der Waals surface area contributed by atoms with E-state index in [1.165, 1.54) is 6.42 Å². The van der Waals surface area contributed by atoms with Crippen LogP contribution in [0.5, 0.6) is 0 Å². The zero-order chi connectivity index (χ0) is 13.3. The van der Waals surface area contributed by atoms with Crippen LogP contribution in [0.1, 0.15) is 47.5 Å². The zero-order valence-electron chi connectivity index (χ0n) is 12.7. The average molecular weight is 244 g/mol. The van der Waals surface area contributed by atoms with Crippen molar-refractivity contribution in [1.82, 2.24) is 10.2 Å². The fraction of sp³-hybridized carbons (Fsp3) is 1.00. The van der Waals surface area contributed by atoms with E-state index >= 15 is 0 Å². The topological polar surface area (TPSA) is 24.5 Å². The quantitative estimate of drug-likeness (QED) is 0.639. The highest BCUT2D eigenvalue weighted by Gasteiger charge is 2.15. The lowest BCUT2D eigenvalue weighted by Crippen LogP contribution is -2.45. The smallest absolute Gasteiger partial charge is 0.0589 e. The van der Waals surface area contributed by atoms with Crippen LogP contribution in [0.25, 0.3) is 0 Å². The molecule has 0 aliphatic carbocycles. The molecular formula is C14H32N2O. The van der Waals surface area contributed by atoms with Crippen molar-refractivity contribution in [3.8, 4) is 0 Å². The maximum atomic E-state index is 5.17. The Bertz CT molecular complexity index is 183. The number of nitrogens with zero attached hydrogens (tertiary/aromatic N) is 1. The Hall–Kier alpha value is -0.120. The lowest BCUT2D eigenvalue weighted by Gasteiger charge is -2.31. The number of ether oxygens (including phenoxy) is 1. The zero-order valence-corrected chi connectivity index (χ0v) is 12.7. The molecule has 0 saturated heterocycles. The SMILES string of the molecule is CCC(C)N(CCNC(C)(C)CC)CCOC. The average Bonchev–Trinajstić information content (AvgIpc) is 2.32. The molecule has 1 atom stereocenters. The first-order valence-electron chi connectivity index (χ1n) is 6.94. The Balaban J connectivity index is 3.98. The fourth-order valence-corrected chi connectivity index (χ4v) is 1.68. The second-order valence-electron chi connectivity index (χ2n) is 5.45. The summed E-state index contributed by atoms with van der Waals surface area (Å²) < 4.78 is 5.17. The van der Waals surface area contributed by atoms with Gasteiger partial charge in [0.1, 0.15) is 0 Å². The Labute approximate surface area is 108 Å². The summed E-state index contributed by atoms with van der Waals surface area (Å²) >= 11 is 0. The second kappa shape index (κ2) is 8.90. The molecule has 0 spiro atoms. The molecule has 0 rings (SSSR count). The highest BCUT2D eigenvalue weighted by Crippen LogP contribution is 2.07. The van der Waals surface area contributed by atoms with Gasteiger partial charge in [-0.15, -0.1) is 0 Å². The van der Waals surface area contributed by atoms with Gasteiger partial charge in [0.15, 0.2) is 0 Å². The molecule has 104 valence electrons. The van der Waals surface area contributed by atoms with Crippen LogP contribution in [-0.4, -0.2) is 49.8 Å². The van der Waals surface area contributed by atoms with Gasteiger partial charge in [0.2, 0.25) is 0 Å². The summed E-state index contributed by atoms with van der Waals surface area (Å²) in [5.41, 5.74) is 0.252. The van der Waals surface area contributed by atoms with Crippen LogP contribution in [0.3, 0.4) is 0 Å². The minimum atomic E-state index is 0.252. The van der Waals surface area contributed by atoms with E-state index in [1.54, 1.807) is 7.11 Å². The summed E-state index contributed by atoms with van der Waals surface area (Å²) in [4.78, 5) is 2.50. The van der Waals surface area contributed by atoms with E-state index in [0.29, 0.717) is 6.04 Å². The third-order valence-electron chi connectivity index (χ3n) is 3.68. The highest BCUT2D eigenvalue weighted by molar-refractivity contribution is 4.76. The van der Waals surface area contributed by atoms with Gasteiger partial charge in [0.25, 0.3) is 0 Å². The predicted molar refractivity (Wildman–Crippen MR) is 75.6 cm³/mol. The van der Waals surface area contributed by atoms with Gasteiger partial charge in [-0.25, -0.2) is 0 Å². The summed E-state index contributed by atoms with van der Waals surface area (Å²) in [6.07, 6.45) is 2.36. The van der Waals surface area contributed by atoms with E-state index in [0.717, 1.165) is 32.7 Å². The molecule has 0 saturated carbocycles. The Kier molecular flexibility index (Phi) is 8.83. The van der Waals surface area contributed by atoms with Crippen molar-refractivity contribution in [2.75, 3.05) is 33.4 Å². The van der Waals surface area contributed by atoms with Crippen molar-refractivity contribution in [2.45, 2.75) is 59.0 Å². The largest absolute Gasteiger partial charge is 0.383 e. The normalized spacial score (nSPS) is 14.3. The van der Waals surface area contributed by atoms with Crippen LogP contribution in [-0.2, 0) is 4.74 Å². The van der Waals surface area contributed by atoms with Crippen LogP contribution in [0.4, 0.5) is 0 Å². The van der Waals surface area contributed by atoms with Gasteiger partial charge in [0.05, 0.1) is 6.61 Å². The highest BCUT2D eigenvalue weighted by atomic mass is 16.5. The van der Waals surface area contributed by atoms with E-state index < -0.39 is 0 Å². The fourth-order valence-electron chi connectivity index (χ4n) is 1.68. The molecule has 0 heterocycles. The van der Waals surface area contributed by atoms with Crippen molar-refractivity contribution >= 4 is 0 Å². The van der Waals surface area contributed by atoms with Gasteiger partial charge in [0, 0.05) is 38.3 Å². The summed E-state index contributed by atoms with van der Waals surface area (Å²) in [7, 11) is 1.77. The van der Waals surface area contributed by atoms with Gasteiger partial charge >= 0.3 is 0 Å². The molecule has 0 aliphatic rings. The van der Waals surface area contributed by atoms with E-state index in [-0.39, 0.29) is 5.54 Å². The van der Waals surface area contributed by atoms with Crippen LogP contribution < -0.4 is 5.32 Å². The van der Waals surface area contributed by atoms with Gasteiger partial charge in [-0.2, -0.15) is 0 Å². The lowest BCUT2D eigenvalue weighted by molar-refractivity contribution is 0.121. The molecule has 3 heteroatoms. The Morgan fingerprint density at radius 2 is 1.88 bits per heavy atom. The van der Waals surface area contributed by atoms with Gasteiger partial charge in [-0.3, -0.25) is 4.90 Å². The predicted octanol–water partition coefficient (Wildman–Crippen LogP) is 2.51. The molecule has 17 heavy (non-hydrogen) atoms. The minimum absolute atomic E-state index is 0.252. The monoisotopic (exact) mass is 244 g/mol. The standard InChI is InChI=1S/C14H32N2O/c1-7-13(3)16(11-12-17-6)10-9-15-14(4,5)8-2/h13,15H,7-12H2,1-6H3. The van der Waals surface area contributed by atoms with Crippen LogP contribution in [0.2, 0.25) is 0 Å². The first-order chi connectivity index (χ1) is 7.96. The van der Waals surface area contributed by atoms with Crippen LogP contribution in [0.15, 0.2) is 0 Å². The third kappa shape index (κ3) is 7.74.